The van der Waals surface area contributed by atoms with Gasteiger partial charge in [0.15, 0.2) is 18.8 Å². The Bertz CT molecular complexity index is 3010. The Hall–Kier alpha value is -6.86. The number of hydrogen-bond acceptors (Lipinski definition) is 23. The molecular weight excluding hydrogens is 1250 g/mol. The second-order valence-corrected chi connectivity index (χ2v) is 25.2. The fourth-order valence-electron chi connectivity index (χ4n) is 11.7. The number of hydrogen-bond donors (Lipinski definition) is 19. The number of aliphatic hydroxyl groups excluding tert-OH is 10. The largest absolute Gasteiger partial charge is 0.394 e. The van der Waals surface area contributed by atoms with Gasteiger partial charge in [0.2, 0.25) is 47.3 Å². The van der Waals surface area contributed by atoms with Crippen LogP contribution in [0, 0.1) is 11.8 Å². The number of aromatic amines is 1. The van der Waals surface area contributed by atoms with E-state index in [0.717, 1.165) is 10.9 Å². The number of fused-ring (bicyclic) bond motifs is 1. The summed E-state index contributed by atoms with van der Waals surface area (Å²) in [5.74, 6) is -5.83. The van der Waals surface area contributed by atoms with E-state index >= 15 is 0 Å². The number of unbranched alkanes of at least 4 members (excludes halogenated alkanes) is 1. The molecule has 20 atom stereocenters. The van der Waals surface area contributed by atoms with Gasteiger partial charge in [0.1, 0.15) is 103 Å². The van der Waals surface area contributed by atoms with Crippen molar-refractivity contribution in [1.29, 1.82) is 0 Å². The van der Waals surface area contributed by atoms with Crippen LogP contribution >= 0.6 is 0 Å². The Morgan fingerprint density at radius 2 is 1.05 bits per heavy atom. The molecule has 2 aromatic carbocycles. The third kappa shape index (κ3) is 20.8. The van der Waals surface area contributed by atoms with Gasteiger partial charge in [-0.2, -0.15) is 0 Å². The molecule has 5 heterocycles. The van der Waals surface area contributed by atoms with Crippen molar-refractivity contribution in [3.8, 4) is 0 Å². The van der Waals surface area contributed by atoms with Gasteiger partial charge in [-0.25, -0.2) is 0 Å². The Kier molecular flexibility index (Phi) is 28.6. The van der Waals surface area contributed by atoms with E-state index in [9.17, 15) is 89.4 Å². The lowest BCUT2D eigenvalue weighted by Crippen LogP contribution is -2.67. The molecule has 1 aromatic heterocycles. The maximum Gasteiger partial charge on any atom is 0.243 e. The van der Waals surface area contributed by atoms with Crippen molar-refractivity contribution >= 4 is 58.2 Å². The third-order valence-corrected chi connectivity index (χ3v) is 16.9. The summed E-state index contributed by atoms with van der Waals surface area (Å²) in [6.45, 7) is 4.24. The Balaban J connectivity index is 0.959. The number of ether oxygens (including phenoxy) is 5. The first kappa shape index (κ1) is 75.5. The Labute approximate surface area is 547 Å². The molecule has 0 spiro atoms. The van der Waals surface area contributed by atoms with Crippen LogP contribution < -0.4 is 42.5 Å². The predicted molar refractivity (Wildman–Crippen MR) is 332 cm³/mol. The summed E-state index contributed by atoms with van der Waals surface area (Å²) in [6, 6.07) is 9.72. The number of rotatable bonds is 25. The maximum atomic E-state index is 14.8. The number of aromatic nitrogens is 1. The monoisotopic (exact) mass is 1340 g/mol. The lowest BCUT2D eigenvalue weighted by molar-refractivity contribution is -0.373. The van der Waals surface area contributed by atoms with Gasteiger partial charge in [0.05, 0.1) is 26.4 Å². The van der Waals surface area contributed by atoms with Gasteiger partial charge in [0, 0.05) is 49.3 Å². The number of carbonyl (C=O) groups excluding carboxylic acids is 8. The first-order chi connectivity index (χ1) is 45.3. The molecule has 32 nitrogen and oxygen atoms in total. The fourth-order valence-corrected chi connectivity index (χ4v) is 11.7. The fraction of sp³-hybridized carbons (Fsp3) is 0.651. The van der Waals surface area contributed by atoms with Gasteiger partial charge >= 0.3 is 0 Å². The van der Waals surface area contributed by atoms with Gasteiger partial charge in [-0.05, 0) is 67.6 Å². The topological polar surface area (TPSA) is 497 Å². The second-order valence-electron chi connectivity index (χ2n) is 25.2. The molecule has 4 saturated heterocycles. The van der Waals surface area contributed by atoms with E-state index in [-0.39, 0.29) is 82.6 Å². The molecule has 8 amide bonds. The molecule has 0 unspecified atom stereocenters. The Morgan fingerprint density at radius 1 is 0.537 bits per heavy atom. The van der Waals surface area contributed by atoms with Crippen LogP contribution in [0.2, 0.25) is 0 Å². The van der Waals surface area contributed by atoms with E-state index < -0.39 is 196 Å². The highest BCUT2D eigenvalue weighted by Crippen LogP contribution is 2.33. The molecule has 3 aromatic rings. The van der Waals surface area contributed by atoms with Crippen molar-refractivity contribution in [2.75, 3.05) is 32.9 Å². The van der Waals surface area contributed by atoms with Gasteiger partial charge in [-0.3, -0.25) is 38.4 Å². The molecule has 0 aliphatic carbocycles. The maximum absolute atomic E-state index is 14.8. The molecule has 0 saturated carbocycles. The van der Waals surface area contributed by atoms with Crippen molar-refractivity contribution in [1.82, 2.24) is 47.5 Å². The standard InChI is InChI=1S/C63H93N9O23/c1-30(2)21-37-58(88)69-38(22-31(3)4)59(89)68-36(57(87)71-40(24-33-25-65-35-16-9-8-15-34(33)35)60(90)70-39(23-32-13-6-5-7-14-32)56(86)66-26-46(78)67-37)17-12-19-44(76)64-20-11-10-18-45(77)72-61-51(83)49(81)54(42(28-74)91-61)94-63-53(85)50(82)55(43(29-75)93-63)95-62-52(84)48(80)47(79)41(27-73)92-62/h5-9,13-16,25,30-31,36-43,47-55,61-63,65,73-75,79-85H,10-12,17-24,26-29H2,1-4H3,(H,64,76)(H,66,86)(H,67,78)(H,68,89)(H,69,88)(H,70,90)(H,71,87)(H,72,77)/t36-,37-,38+,39-,40-,41+,42+,43+,47+,48-,49+,50+,51+,52+,53+,54+,55+,61+,62+,63+/m0/s1. The van der Waals surface area contributed by atoms with Crippen LogP contribution in [0.15, 0.2) is 60.8 Å². The van der Waals surface area contributed by atoms with E-state index in [1.807, 2.05) is 45.9 Å². The summed E-state index contributed by atoms with van der Waals surface area (Å²) in [5.41, 5.74) is 2.05. The predicted octanol–water partition coefficient (Wildman–Crippen LogP) is -5.38. The molecule has 4 fully saturated rings. The van der Waals surface area contributed by atoms with Crippen LogP contribution in [0.25, 0.3) is 10.9 Å². The highest BCUT2D eigenvalue weighted by molar-refractivity contribution is 5.98. The SMILES string of the molecule is CC(C)C[C@@H]1NC(=O)CNC(=O)[C@H](Cc2ccccc2)NC(=O)[C@H](Cc2c[nH]c3ccccc23)NC(=O)[C@H](CCCC(=O)NCCCCC(=O)N[C@@H]2O[C@H](CO)[C@@H](O[C@H]3O[C@H](CO)[C@@H](O[C@H]4O[C@H](CO)[C@@H](O)[C@H](O)[C@H]4O)[C@H](O)[C@H]3O)[C@H](O)[C@H]2O)NC(=O)[C@@H](CC(C)C)NC1=O. The van der Waals surface area contributed by atoms with Crippen LogP contribution in [-0.2, 0) is 74.9 Å². The minimum Gasteiger partial charge on any atom is -0.394 e. The van der Waals surface area contributed by atoms with Crippen LogP contribution in [-0.4, -0.2) is 258 Å². The number of para-hydroxylation sites is 1. The molecule has 528 valence electrons. The van der Waals surface area contributed by atoms with Gasteiger partial charge < -0.3 is 122 Å². The van der Waals surface area contributed by atoms with Gasteiger partial charge in [-0.15, -0.1) is 0 Å². The van der Waals surface area contributed by atoms with E-state index in [0.29, 0.717) is 11.1 Å². The zero-order valence-corrected chi connectivity index (χ0v) is 53.4. The average molecular weight is 1340 g/mol. The molecule has 0 radical (unpaired) electrons. The lowest BCUT2D eigenvalue weighted by Gasteiger charge is -2.48. The quantitative estimate of drug-likeness (QED) is 0.0352. The number of benzene rings is 2. The smallest absolute Gasteiger partial charge is 0.243 e. The van der Waals surface area contributed by atoms with E-state index in [4.69, 9.17) is 23.7 Å². The number of nitrogens with one attached hydrogen (secondary N) is 9. The summed E-state index contributed by atoms with van der Waals surface area (Å²) in [5, 5.41) is 127. The van der Waals surface area contributed by atoms with Crippen molar-refractivity contribution < 1.29 is 113 Å². The molecule has 7 rings (SSSR count). The molecule has 19 N–H and O–H groups in total. The number of amides is 8. The van der Waals surface area contributed by atoms with Crippen molar-refractivity contribution in [3.63, 3.8) is 0 Å². The zero-order valence-electron chi connectivity index (χ0n) is 53.4. The van der Waals surface area contributed by atoms with E-state index in [2.05, 4.69) is 47.5 Å². The van der Waals surface area contributed by atoms with Crippen LogP contribution in [0.4, 0.5) is 0 Å². The minimum atomic E-state index is -2.04. The third-order valence-electron chi connectivity index (χ3n) is 16.9. The van der Waals surface area contributed by atoms with Crippen molar-refractivity contribution in [2.45, 2.75) is 214 Å². The first-order valence-electron chi connectivity index (χ1n) is 32.1. The molecular formula is C63H93N9O23. The van der Waals surface area contributed by atoms with Gasteiger partial charge in [0.25, 0.3) is 0 Å². The lowest BCUT2D eigenvalue weighted by atomic mass is 9.95. The number of H-pyrrole nitrogens is 1. The number of carbonyl (C=O) groups is 8. The molecule has 95 heavy (non-hydrogen) atoms. The summed E-state index contributed by atoms with van der Waals surface area (Å²) in [7, 11) is 0. The summed E-state index contributed by atoms with van der Waals surface area (Å²) in [6.07, 6.45) is -24.8. The van der Waals surface area contributed by atoms with E-state index in [1.54, 1.807) is 42.6 Å². The highest BCUT2D eigenvalue weighted by atomic mass is 16.7. The average Bonchev–Trinajstić information content (AvgIpc) is 1.16. The van der Waals surface area contributed by atoms with Crippen molar-refractivity contribution in [2.24, 2.45) is 11.8 Å². The van der Waals surface area contributed by atoms with E-state index in [1.165, 1.54) is 0 Å². The van der Waals surface area contributed by atoms with Crippen LogP contribution in [0.1, 0.15) is 90.2 Å². The second kappa shape index (κ2) is 35.9. The summed E-state index contributed by atoms with van der Waals surface area (Å²) < 4.78 is 27.9. The highest BCUT2D eigenvalue weighted by Gasteiger charge is 2.54. The van der Waals surface area contributed by atoms with Crippen LogP contribution in [0.5, 0.6) is 0 Å². The Morgan fingerprint density at radius 3 is 1.68 bits per heavy atom. The summed E-state index contributed by atoms with van der Waals surface area (Å²) >= 11 is 0. The normalized spacial score (nSPS) is 32.5. The van der Waals surface area contributed by atoms with Crippen molar-refractivity contribution in [3.05, 3.63) is 71.9 Å². The minimum absolute atomic E-state index is 0.00851. The molecule has 32 heteroatoms. The zero-order chi connectivity index (χ0) is 69.2. The number of aliphatic hydroxyl groups is 10. The van der Waals surface area contributed by atoms with Crippen LogP contribution in [0.3, 0.4) is 0 Å². The first-order valence-corrected chi connectivity index (χ1v) is 32.1. The molecule has 0 bridgehead atoms. The summed E-state index contributed by atoms with van der Waals surface area (Å²) in [4.78, 5) is 115. The molecule has 4 aliphatic rings. The molecule has 4 aliphatic heterocycles. The van der Waals surface area contributed by atoms with Gasteiger partial charge in [-0.1, -0.05) is 76.2 Å².